The molecule has 0 bridgehead atoms. The van der Waals surface area contributed by atoms with Gasteiger partial charge in [0.15, 0.2) is 8.07 Å². The van der Waals surface area contributed by atoms with Gasteiger partial charge in [-0.15, -0.1) is 0 Å². The number of rotatable bonds is 10. The Morgan fingerprint density at radius 1 is 0.160 bits per heavy atom. The molecule has 7 heteroatoms. The van der Waals surface area contributed by atoms with E-state index in [4.69, 9.17) is 0 Å². The molecule has 0 atom stereocenters. The lowest BCUT2D eigenvalue weighted by Gasteiger charge is -2.35. The molecule has 0 aliphatic heterocycles. The molecule has 0 aliphatic rings. The van der Waals surface area contributed by atoms with Crippen molar-refractivity contribution in [3.05, 3.63) is 375 Å². The highest BCUT2D eigenvalue weighted by molar-refractivity contribution is 7.20. The average molecular weight is 1370 g/mol. The smallest absolute Gasteiger partial charge is 0.179 e. The number of hydrogen-bond donors (Lipinski definition) is 0. The van der Waals surface area contributed by atoms with E-state index in [0.717, 1.165) is 50.7 Å². The van der Waals surface area contributed by atoms with Crippen molar-refractivity contribution in [1.29, 1.82) is 0 Å². The highest BCUT2D eigenvalue weighted by Crippen LogP contribution is 2.47. The van der Waals surface area contributed by atoms with E-state index >= 15 is 0 Å². The standard InChI is InChI=1S/C99H68N6Si/c1-63-39-45-76-82-51-54-85-79-48-42-73(60-91(79)103(69-31-17-7-18-32-69)97(85)94(82)100(88(76)57-63)66-25-11-4-12-26-66)106(72-37-23-10-24-38-72,74-43-49-80-86-55-52-83-77-46-40-64(2)58-89(77)101(67-27-13-5-14-28-67)95(83)98(86)104(92(80)61-74)70-33-19-8-20-34-70)75-44-50-81-87-56-53-84-78-47-41-65(3)59-90(78)102(68-29-15-6-16-30-68)96(84)99(87)105(93(81)62-75)71-35-21-9-22-36-71/h4-62H,1-3H3. The van der Waals surface area contributed by atoms with Gasteiger partial charge in [-0.25, -0.2) is 0 Å². The van der Waals surface area contributed by atoms with Gasteiger partial charge in [-0.1, -0.05) is 249 Å². The van der Waals surface area contributed by atoms with Crippen molar-refractivity contribution in [2.45, 2.75) is 20.8 Å². The number of aryl methyl sites for hydroxylation is 3. The first-order chi connectivity index (χ1) is 52.3. The van der Waals surface area contributed by atoms with Crippen molar-refractivity contribution in [3.8, 4) is 34.1 Å². The summed E-state index contributed by atoms with van der Waals surface area (Å²) in [5.41, 5.74) is 24.5. The fourth-order valence-corrected chi connectivity index (χ4v) is 23.3. The molecule has 0 aliphatic carbocycles. The molecular weight excluding hydrogens is 1300 g/mol. The van der Waals surface area contributed by atoms with Crippen LogP contribution >= 0.6 is 0 Å². The fourth-order valence-electron chi connectivity index (χ4n) is 18.6. The van der Waals surface area contributed by atoms with Gasteiger partial charge >= 0.3 is 0 Å². The van der Waals surface area contributed by atoms with E-state index in [2.05, 4.69) is 406 Å². The first kappa shape index (κ1) is 60.1. The number of hydrogen-bond acceptors (Lipinski definition) is 0. The van der Waals surface area contributed by atoms with Crippen LogP contribution in [-0.2, 0) is 0 Å². The largest absolute Gasteiger partial charge is 0.307 e. The van der Waals surface area contributed by atoms with Crippen molar-refractivity contribution >= 4 is 160 Å². The van der Waals surface area contributed by atoms with Crippen LogP contribution in [0.4, 0.5) is 0 Å². The number of nitrogens with zero attached hydrogens (tertiary/aromatic N) is 6. The van der Waals surface area contributed by atoms with Crippen molar-refractivity contribution in [2.75, 3.05) is 0 Å². The van der Waals surface area contributed by atoms with Crippen LogP contribution in [-0.4, -0.2) is 35.5 Å². The van der Waals surface area contributed by atoms with E-state index in [1.54, 1.807) is 0 Å². The van der Waals surface area contributed by atoms with Crippen molar-refractivity contribution in [1.82, 2.24) is 27.4 Å². The minimum Gasteiger partial charge on any atom is -0.307 e. The van der Waals surface area contributed by atoms with Gasteiger partial charge in [0.2, 0.25) is 0 Å². The van der Waals surface area contributed by atoms with Gasteiger partial charge in [0.1, 0.15) is 0 Å². The van der Waals surface area contributed by atoms with Gasteiger partial charge in [0.25, 0.3) is 0 Å². The maximum atomic E-state index is 2.62. The highest BCUT2D eigenvalue weighted by Gasteiger charge is 2.43. The lowest BCUT2D eigenvalue weighted by molar-refractivity contribution is 1.15. The molecule has 0 saturated carbocycles. The zero-order valence-electron chi connectivity index (χ0n) is 58.7. The first-order valence-corrected chi connectivity index (χ1v) is 38.8. The molecule has 498 valence electrons. The zero-order chi connectivity index (χ0) is 70.0. The third kappa shape index (κ3) is 8.54. The molecule has 0 fully saturated rings. The number of fused-ring (bicyclic) bond motifs is 21. The topological polar surface area (TPSA) is 29.6 Å². The Labute approximate surface area is 612 Å². The fraction of sp³-hybridized carbons (Fsp3) is 0.0303. The Morgan fingerprint density at radius 2 is 0.340 bits per heavy atom. The maximum Gasteiger partial charge on any atom is 0.179 e. The van der Waals surface area contributed by atoms with Crippen molar-refractivity contribution < 1.29 is 0 Å². The van der Waals surface area contributed by atoms with E-state index in [-0.39, 0.29) is 0 Å². The molecule has 16 aromatic carbocycles. The molecule has 0 N–H and O–H groups in total. The summed E-state index contributed by atoms with van der Waals surface area (Å²) in [6.07, 6.45) is 0. The molecule has 0 saturated heterocycles. The van der Waals surface area contributed by atoms with E-state index in [0.29, 0.717) is 0 Å². The Hall–Kier alpha value is -13.5. The van der Waals surface area contributed by atoms with E-state index < -0.39 is 8.07 Å². The molecule has 0 radical (unpaired) electrons. The first-order valence-electron chi connectivity index (χ1n) is 36.8. The summed E-state index contributed by atoms with van der Waals surface area (Å²) in [6, 6.07) is 136. The van der Waals surface area contributed by atoms with Gasteiger partial charge in [-0.3, -0.25) is 0 Å². The van der Waals surface area contributed by atoms with Crippen LogP contribution in [0.1, 0.15) is 16.7 Å². The molecule has 6 aromatic heterocycles. The molecule has 22 rings (SSSR count). The lowest BCUT2D eigenvalue weighted by atomic mass is 10.1. The van der Waals surface area contributed by atoms with Crippen LogP contribution in [0.5, 0.6) is 0 Å². The van der Waals surface area contributed by atoms with Gasteiger partial charge in [-0.05, 0) is 167 Å². The van der Waals surface area contributed by atoms with Gasteiger partial charge in [-0.2, -0.15) is 0 Å². The Morgan fingerprint density at radius 3 is 0.557 bits per heavy atom. The average Bonchev–Trinajstić information content (AvgIpc) is 1.48. The monoisotopic (exact) mass is 1370 g/mol. The number of para-hydroxylation sites is 6. The van der Waals surface area contributed by atoms with E-state index in [9.17, 15) is 0 Å². The molecule has 0 amide bonds. The maximum absolute atomic E-state index is 3.68. The SMILES string of the molecule is Cc1ccc2c3ccc4c5ccc([Si](c6ccccc6)(c6ccc7c8ccc9c%10ccc(C)cc%10n(-c%10ccccc%10)c9c8n(-c8ccccc8)c7c6)c6ccc7c8ccc9c%10ccc(C)cc%10n(-c%10ccccc%10)c9c8n(-c8ccccc8)c7c6)cc5n(-c5ccccc5)c4c3n(-c3ccccc3)c2c1. The zero-order valence-corrected chi connectivity index (χ0v) is 59.7. The second-order valence-corrected chi connectivity index (χ2v) is 32.8. The van der Waals surface area contributed by atoms with Crippen LogP contribution in [0.2, 0.25) is 0 Å². The number of aromatic nitrogens is 6. The Kier molecular flexibility index (Phi) is 13.1. The molecule has 22 aromatic rings. The molecule has 0 unspecified atom stereocenters. The molecule has 106 heavy (non-hydrogen) atoms. The summed E-state index contributed by atoms with van der Waals surface area (Å²) in [5, 5.41) is 19.6. The van der Waals surface area contributed by atoms with E-state index in [1.807, 2.05) is 0 Å². The summed E-state index contributed by atoms with van der Waals surface area (Å²) in [4.78, 5) is 0. The third-order valence-electron chi connectivity index (χ3n) is 23.0. The summed E-state index contributed by atoms with van der Waals surface area (Å²) < 4.78 is 15.3. The van der Waals surface area contributed by atoms with Crippen molar-refractivity contribution in [3.63, 3.8) is 0 Å². The Balaban J connectivity index is 0.919. The van der Waals surface area contributed by atoms with Gasteiger partial charge < -0.3 is 27.4 Å². The van der Waals surface area contributed by atoms with Crippen LogP contribution in [0, 0.1) is 20.8 Å². The van der Waals surface area contributed by atoms with Crippen LogP contribution in [0.15, 0.2) is 358 Å². The third-order valence-corrected chi connectivity index (χ3v) is 27.8. The minimum absolute atomic E-state index is 1.10. The van der Waals surface area contributed by atoms with Crippen LogP contribution in [0.3, 0.4) is 0 Å². The number of benzene rings is 16. The summed E-state index contributed by atoms with van der Waals surface area (Å²) >= 11 is 0. The summed E-state index contributed by atoms with van der Waals surface area (Å²) in [5.74, 6) is 0. The summed E-state index contributed by atoms with van der Waals surface area (Å²) in [6.45, 7) is 6.63. The molecular formula is C99H68N6Si. The molecule has 6 nitrogen and oxygen atoms in total. The minimum atomic E-state index is -3.68. The van der Waals surface area contributed by atoms with E-state index in [1.165, 1.54) is 152 Å². The van der Waals surface area contributed by atoms with Gasteiger partial charge in [0.05, 0.1) is 66.2 Å². The molecule has 0 spiro atoms. The van der Waals surface area contributed by atoms with Crippen molar-refractivity contribution in [2.24, 2.45) is 0 Å². The van der Waals surface area contributed by atoms with Crippen LogP contribution in [0.25, 0.3) is 165 Å². The predicted octanol–water partition coefficient (Wildman–Crippen LogP) is 22.6. The van der Waals surface area contributed by atoms with Crippen LogP contribution < -0.4 is 20.7 Å². The van der Waals surface area contributed by atoms with Gasteiger partial charge in [0, 0.05) is 98.8 Å². The summed E-state index contributed by atoms with van der Waals surface area (Å²) in [7, 11) is -3.68. The second kappa shape index (κ2) is 23.0. The Bertz CT molecular complexity index is 6700. The predicted molar refractivity (Wildman–Crippen MR) is 450 cm³/mol. The second-order valence-electron chi connectivity index (χ2n) is 29.0. The lowest BCUT2D eigenvalue weighted by Crippen LogP contribution is -2.74. The highest BCUT2D eigenvalue weighted by atomic mass is 28.3. The molecule has 6 heterocycles. The quantitative estimate of drug-likeness (QED) is 0.0965. The normalized spacial score (nSPS) is 12.3.